The number of halogens is 2. The first-order valence-electron chi connectivity index (χ1n) is 8.05. The number of pyridine rings is 1. The average Bonchev–Trinajstić information content (AvgIpc) is 2.69. The molecule has 0 bridgehead atoms. The van der Waals surface area contributed by atoms with Gasteiger partial charge in [-0.05, 0) is 48.0 Å². The number of nitrogens with zero attached hydrogens (tertiary/aromatic N) is 1. The standard InChI is InChI=1S/C20H16F2N2O3/c1-26-18-8-3-14(10-17(18)22)20(25)24-12-13-2-9-19(23-11-13)27-16-6-4-15(21)5-7-16/h2-11H,12H2,1H3,(H,24,25). The maximum absolute atomic E-state index is 13.7. The molecule has 0 aliphatic rings. The van der Waals surface area contributed by atoms with Crippen molar-refractivity contribution in [3.05, 3.63) is 83.6 Å². The first-order chi connectivity index (χ1) is 13.0. The summed E-state index contributed by atoms with van der Waals surface area (Å²) >= 11 is 0. The van der Waals surface area contributed by atoms with Crippen LogP contribution in [0.2, 0.25) is 0 Å². The van der Waals surface area contributed by atoms with Crippen LogP contribution >= 0.6 is 0 Å². The minimum atomic E-state index is -0.603. The Morgan fingerprint density at radius 2 is 1.85 bits per heavy atom. The van der Waals surface area contributed by atoms with Crippen LogP contribution in [0.4, 0.5) is 8.78 Å². The highest BCUT2D eigenvalue weighted by Crippen LogP contribution is 2.20. The van der Waals surface area contributed by atoms with Gasteiger partial charge in [-0.2, -0.15) is 0 Å². The van der Waals surface area contributed by atoms with Gasteiger partial charge in [0.2, 0.25) is 5.88 Å². The Hall–Kier alpha value is -3.48. The summed E-state index contributed by atoms with van der Waals surface area (Å²) in [6.45, 7) is 0.219. The molecule has 0 spiro atoms. The van der Waals surface area contributed by atoms with Crippen molar-refractivity contribution in [2.24, 2.45) is 0 Å². The summed E-state index contributed by atoms with van der Waals surface area (Å²) < 4.78 is 36.9. The highest BCUT2D eigenvalue weighted by atomic mass is 19.1. The van der Waals surface area contributed by atoms with Crippen molar-refractivity contribution in [2.45, 2.75) is 6.54 Å². The summed E-state index contributed by atoms with van der Waals surface area (Å²) in [5.74, 6) is -0.483. The number of ether oxygens (including phenoxy) is 2. The maximum Gasteiger partial charge on any atom is 0.251 e. The summed E-state index contributed by atoms with van der Waals surface area (Å²) in [6.07, 6.45) is 1.55. The smallest absolute Gasteiger partial charge is 0.251 e. The molecule has 5 nitrogen and oxygen atoms in total. The average molecular weight is 370 g/mol. The molecule has 0 aliphatic carbocycles. The summed E-state index contributed by atoms with van der Waals surface area (Å²) in [4.78, 5) is 16.3. The lowest BCUT2D eigenvalue weighted by molar-refractivity contribution is 0.0950. The number of benzene rings is 2. The van der Waals surface area contributed by atoms with E-state index in [1.165, 1.54) is 43.5 Å². The van der Waals surface area contributed by atoms with E-state index in [1.807, 2.05) is 0 Å². The van der Waals surface area contributed by atoms with Gasteiger partial charge in [0.1, 0.15) is 11.6 Å². The van der Waals surface area contributed by atoms with Gasteiger partial charge in [-0.1, -0.05) is 6.07 Å². The van der Waals surface area contributed by atoms with Crippen LogP contribution < -0.4 is 14.8 Å². The van der Waals surface area contributed by atoms with Crippen LogP contribution in [0, 0.1) is 11.6 Å². The van der Waals surface area contributed by atoms with Gasteiger partial charge in [0.15, 0.2) is 11.6 Å². The first-order valence-corrected chi connectivity index (χ1v) is 8.05. The molecular weight excluding hydrogens is 354 g/mol. The zero-order chi connectivity index (χ0) is 19.2. The Bertz CT molecular complexity index is 929. The molecule has 0 radical (unpaired) electrons. The minimum Gasteiger partial charge on any atom is -0.494 e. The van der Waals surface area contributed by atoms with Gasteiger partial charge in [-0.3, -0.25) is 4.79 Å². The van der Waals surface area contributed by atoms with Crippen molar-refractivity contribution in [2.75, 3.05) is 7.11 Å². The summed E-state index contributed by atoms with van der Waals surface area (Å²) in [7, 11) is 1.36. The number of aromatic nitrogens is 1. The van der Waals surface area contributed by atoms with Gasteiger partial charge in [0.05, 0.1) is 7.11 Å². The fraction of sp³-hybridized carbons (Fsp3) is 0.100. The lowest BCUT2D eigenvalue weighted by atomic mass is 10.2. The molecule has 0 atom stereocenters. The van der Waals surface area contributed by atoms with E-state index in [9.17, 15) is 13.6 Å². The van der Waals surface area contributed by atoms with E-state index in [2.05, 4.69) is 10.3 Å². The third-order valence-electron chi connectivity index (χ3n) is 3.70. The van der Waals surface area contributed by atoms with E-state index in [0.717, 1.165) is 11.6 Å². The molecule has 0 aliphatic heterocycles. The van der Waals surface area contributed by atoms with E-state index in [0.29, 0.717) is 11.6 Å². The normalized spacial score (nSPS) is 10.3. The summed E-state index contributed by atoms with van der Waals surface area (Å²) in [5, 5.41) is 2.69. The van der Waals surface area contributed by atoms with Gasteiger partial charge in [-0.15, -0.1) is 0 Å². The molecule has 1 amide bonds. The van der Waals surface area contributed by atoms with Crippen molar-refractivity contribution in [3.63, 3.8) is 0 Å². The molecule has 2 aromatic carbocycles. The number of rotatable bonds is 6. The minimum absolute atomic E-state index is 0.0764. The Labute approximate surface area is 154 Å². The largest absolute Gasteiger partial charge is 0.494 e. The Kier molecular flexibility index (Phi) is 5.61. The lowest BCUT2D eigenvalue weighted by Crippen LogP contribution is -2.23. The zero-order valence-corrected chi connectivity index (χ0v) is 14.4. The topological polar surface area (TPSA) is 60.5 Å². The van der Waals surface area contributed by atoms with Crippen LogP contribution in [0.3, 0.4) is 0 Å². The van der Waals surface area contributed by atoms with Crippen molar-refractivity contribution in [3.8, 4) is 17.4 Å². The van der Waals surface area contributed by atoms with E-state index >= 15 is 0 Å². The molecule has 0 saturated heterocycles. The molecule has 0 saturated carbocycles. The number of hydrogen-bond donors (Lipinski definition) is 1. The van der Waals surface area contributed by atoms with E-state index in [-0.39, 0.29) is 23.7 Å². The maximum atomic E-state index is 13.7. The number of carbonyl (C=O) groups excluding carboxylic acids is 1. The second kappa shape index (κ2) is 8.27. The van der Waals surface area contributed by atoms with Crippen LogP contribution in [0.1, 0.15) is 15.9 Å². The van der Waals surface area contributed by atoms with Crippen molar-refractivity contribution in [1.29, 1.82) is 0 Å². The van der Waals surface area contributed by atoms with Crippen LogP contribution in [0.5, 0.6) is 17.4 Å². The van der Waals surface area contributed by atoms with Gasteiger partial charge in [0, 0.05) is 24.4 Å². The van der Waals surface area contributed by atoms with Gasteiger partial charge in [-0.25, -0.2) is 13.8 Å². The number of amides is 1. The summed E-state index contributed by atoms with van der Waals surface area (Å²) in [6, 6.07) is 13.0. The molecule has 0 unspecified atom stereocenters. The van der Waals surface area contributed by atoms with Crippen LogP contribution in [-0.4, -0.2) is 18.0 Å². The fourth-order valence-corrected chi connectivity index (χ4v) is 2.29. The first kappa shape index (κ1) is 18.3. The molecule has 0 fully saturated rings. The van der Waals surface area contributed by atoms with Crippen molar-refractivity contribution < 1.29 is 23.0 Å². The summed E-state index contributed by atoms with van der Waals surface area (Å²) in [5.41, 5.74) is 0.932. The van der Waals surface area contributed by atoms with Crippen molar-refractivity contribution >= 4 is 5.91 Å². The molecule has 1 N–H and O–H groups in total. The lowest BCUT2D eigenvalue weighted by Gasteiger charge is -2.08. The second-order valence-corrected chi connectivity index (χ2v) is 5.59. The van der Waals surface area contributed by atoms with Gasteiger partial charge in [0.25, 0.3) is 5.91 Å². The second-order valence-electron chi connectivity index (χ2n) is 5.59. The quantitative estimate of drug-likeness (QED) is 0.710. The monoisotopic (exact) mass is 370 g/mol. The van der Waals surface area contributed by atoms with E-state index < -0.39 is 11.7 Å². The number of carbonyl (C=O) groups is 1. The highest BCUT2D eigenvalue weighted by molar-refractivity contribution is 5.94. The van der Waals surface area contributed by atoms with Gasteiger partial charge < -0.3 is 14.8 Å². The predicted molar refractivity (Wildman–Crippen MR) is 94.8 cm³/mol. The fourth-order valence-electron chi connectivity index (χ4n) is 2.29. The van der Waals surface area contributed by atoms with E-state index in [1.54, 1.807) is 18.3 Å². The molecule has 27 heavy (non-hydrogen) atoms. The van der Waals surface area contributed by atoms with Gasteiger partial charge >= 0.3 is 0 Å². The molecule has 138 valence electrons. The van der Waals surface area contributed by atoms with Crippen LogP contribution in [-0.2, 0) is 6.54 Å². The highest BCUT2D eigenvalue weighted by Gasteiger charge is 2.10. The molecule has 1 aromatic heterocycles. The van der Waals surface area contributed by atoms with Crippen LogP contribution in [0.25, 0.3) is 0 Å². The molecular formula is C20H16F2N2O3. The number of methoxy groups -OCH3 is 1. The van der Waals surface area contributed by atoms with Crippen molar-refractivity contribution in [1.82, 2.24) is 10.3 Å². The SMILES string of the molecule is COc1ccc(C(=O)NCc2ccc(Oc3ccc(F)cc3)nc2)cc1F. The molecule has 7 heteroatoms. The van der Waals surface area contributed by atoms with E-state index in [4.69, 9.17) is 9.47 Å². The Morgan fingerprint density at radius 1 is 1.07 bits per heavy atom. The Balaban J connectivity index is 1.57. The number of nitrogens with one attached hydrogen (secondary N) is 1. The molecule has 1 heterocycles. The Morgan fingerprint density at radius 3 is 2.48 bits per heavy atom. The zero-order valence-electron chi connectivity index (χ0n) is 14.4. The predicted octanol–water partition coefficient (Wildman–Crippen LogP) is 4.09. The van der Waals surface area contributed by atoms with Crippen LogP contribution in [0.15, 0.2) is 60.8 Å². The molecule has 3 aromatic rings. The molecule has 3 rings (SSSR count). The third kappa shape index (κ3) is 4.78. The third-order valence-corrected chi connectivity index (χ3v) is 3.70. The number of hydrogen-bond acceptors (Lipinski definition) is 4.